The van der Waals surface area contributed by atoms with Crippen LogP contribution in [0.4, 0.5) is 0 Å². The molecule has 1 atom stereocenters. The van der Waals surface area contributed by atoms with Crippen molar-refractivity contribution in [2.45, 2.75) is 25.4 Å². The second-order valence-electron chi connectivity index (χ2n) is 5.44. The van der Waals surface area contributed by atoms with Gasteiger partial charge in [-0.25, -0.2) is 0 Å². The van der Waals surface area contributed by atoms with Gasteiger partial charge in [-0.05, 0) is 31.0 Å². The SMILES string of the molecule is NC(=S)c1ncccc1CN1CCN2CCCC2C1. The number of hydrogen-bond donors (Lipinski definition) is 1. The van der Waals surface area contributed by atoms with E-state index < -0.39 is 0 Å². The number of rotatable bonds is 3. The summed E-state index contributed by atoms with van der Waals surface area (Å²) in [4.78, 5) is 9.83. The average molecular weight is 276 g/mol. The van der Waals surface area contributed by atoms with Gasteiger partial charge in [-0.3, -0.25) is 14.8 Å². The summed E-state index contributed by atoms with van der Waals surface area (Å²) in [5.74, 6) is 0. The minimum atomic E-state index is 0.398. The summed E-state index contributed by atoms with van der Waals surface area (Å²) in [5, 5.41) is 0. The first-order chi connectivity index (χ1) is 9.24. The van der Waals surface area contributed by atoms with E-state index in [9.17, 15) is 0 Å². The standard InChI is InChI=1S/C14H20N4S/c15-14(19)13-11(3-1-5-16-13)9-17-7-8-18-6-2-4-12(18)10-17/h1,3,5,12H,2,4,6-10H2,(H2,15,19). The first-order valence-electron chi connectivity index (χ1n) is 6.94. The number of fused-ring (bicyclic) bond motifs is 1. The molecule has 2 saturated heterocycles. The number of nitrogens with zero attached hydrogens (tertiary/aromatic N) is 3. The van der Waals surface area contributed by atoms with Crippen LogP contribution in [0.3, 0.4) is 0 Å². The minimum absolute atomic E-state index is 0.398. The van der Waals surface area contributed by atoms with Crippen molar-refractivity contribution < 1.29 is 0 Å². The lowest BCUT2D eigenvalue weighted by atomic mass is 10.1. The predicted molar refractivity (Wildman–Crippen MR) is 80.0 cm³/mol. The molecule has 2 fully saturated rings. The highest BCUT2D eigenvalue weighted by Gasteiger charge is 2.30. The number of piperazine rings is 1. The molecule has 0 bridgehead atoms. The summed E-state index contributed by atoms with van der Waals surface area (Å²) in [6.07, 6.45) is 4.45. The molecule has 2 N–H and O–H groups in total. The molecule has 2 aliphatic heterocycles. The number of aromatic nitrogens is 1. The van der Waals surface area contributed by atoms with Crippen LogP contribution in [-0.4, -0.2) is 52.0 Å². The van der Waals surface area contributed by atoms with Gasteiger partial charge in [0.15, 0.2) is 0 Å². The minimum Gasteiger partial charge on any atom is -0.388 e. The van der Waals surface area contributed by atoms with Gasteiger partial charge in [0, 0.05) is 38.4 Å². The largest absolute Gasteiger partial charge is 0.388 e. The Morgan fingerprint density at radius 2 is 2.32 bits per heavy atom. The Morgan fingerprint density at radius 1 is 1.42 bits per heavy atom. The fraction of sp³-hybridized carbons (Fsp3) is 0.571. The Bertz CT molecular complexity index is 476. The fourth-order valence-corrected chi connectivity index (χ4v) is 3.41. The maximum atomic E-state index is 5.75. The molecule has 1 unspecified atom stereocenters. The van der Waals surface area contributed by atoms with Crippen molar-refractivity contribution in [1.29, 1.82) is 0 Å². The first kappa shape index (κ1) is 13.0. The second kappa shape index (κ2) is 5.53. The van der Waals surface area contributed by atoms with Gasteiger partial charge in [-0.1, -0.05) is 18.3 Å². The molecule has 2 aliphatic rings. The molecule has 3 rings (SSSR count). The molecule has 0 aliphatic carbocycles. The van der Waals surface area contributed by atoms with Crippen LogP contribution >= 0.6 is 12.2 Å². The van der Waals surface area contributed by atoms with Crippen molar-refractivity contribution in [1.82, 2.24) is 14.8 Å². The molecule has 102 valence electrons. The Labute approximate surface area is 119 Å². The summed E-state index contributed by atoms with van der Waals surface area (Å²) < 4.78 is 0. The highest BCUT2D eigenvalue weighted by molar-refractivity contribution is 7.80. The molecular weight excluding hydrogens is 256 g/mol. The average Bonchev–Trinajstić information content (AvgIpc) is 2.86. The quantitative estimate of drug-likeness (QED) is 0.834. The van der Waals surface area contributed by atoms with Crippen molar-refractivity contribution in [3.63, 3.8) is 0 Å². The third-order valence-corrected chi connectivity index (χ3v) is 4.38. The van der Waals surface area contributed by atoms with Crippen LogP contribution in [0.1, 0.15) is 24.1 Å². The molecular formula is C14H20N4S. The summed E-state index contributed by atoms with van der Waals surface area (Å²) in [6, 6.07) is 4.80. The lowest BCUT2D eigenvalue weighted by Crippen LogP contribution is -2.49. The zero-order valence-electron chi connectivity index (χ0n) is 11.1. The summed E-state index contributed by atoms with van der Waals surface area (Å²) in [7, 11) is 0. The molecule has 0 radical (unpaired) electrons. The fourth-order valence-electron chi connectivity index (χ4n) is 3.23. The van der Waals surface area contributed by atoms with E-state index in [2.05, 4.69) is 20.9 Å². The van der Waals surface area contributed by atoms with Crippen molar-refractivity contribution in [3.8, 4) is 0 Å². The third-order valence-electron chi connectivity index (χ3n) is 4.19. The Hall–Kier alpha value is -1.04. The summed E-state index contributed by atoms with van der Waals surface area (Å²) >= 11 is 5.08. The Kier molecular flexibility index (Phi) is 3.77. The van der Waals surface area contributed by atoms with E-state index in [0.29, 0.717) is 4.99 Å². The van der Waals surface area contributed by atoms with E-state index in [4.69, 9.17) is 18.0 Å². The van der Waals surface area contributed by atoms with E-state index in [0.717, 1.165) is 36.9 Å². The smallest absolute Gasteiger partial charge is 0.123 e. The van der Waals surface area contributed by atoms with Crippen molar-refractivity contribution >= 4 is 17.2 Å². The predicted octanol–water partition coefficient (Wildman–Crippen LogP) is 0.996. The summed E-state index contributed by atoms with van der Waals surface area (Å²) in [6.45, 7) is 5.66. The molecule has 3 heterocycles. The van der Waals surface area contributed by atoms with Gasteiger partial charge in [0.25, 0.3) is 0 Å². The van der Waals surface area contributed by atoms with Crippen LogP contribution in [0.15, 0.2) is 18.3 Å². The highest BCUT2D eigenvalue weighted by Crippen LogP contribution is 2.22. The van der Waals surface area contributed by atoms with Crippen LogP contribution in [0, 0.1) is 0 Å². The highest BCUT2D eigenvalue weighted by atomic mass is 32.1. The number of pyridine rings is 1. The van der Waals surface area contributed by atoms with Crippen molar-refractivity contribution in [3.05, 3.63) is 29.6 Å². The van der Waals surface area contributed by atoms with Crippen LogP contribution in [0.5, 0.6) is 0 Å². The van der Waals surface area contributed by atoms with Gasteiger partial charge in [-0.2, -0.15) is 0 Å². The lowest BCUT2D eigenvalue weighted by Gasteiger charge is -2.37. The molecule has 0 saturated carbocycles. The molecule has 4 nitrogen and oxygen atoms in total. The number of nitrogens with two attached hydrogens (primary N) is 1. The molecule has 19 heavy (non-hydrogen) atoms. The van der Waals surface area contributed by atoms with E-state index in [1.807, 2.05) is 6.07 Å². The maximum Gasteiger partial charge on any atom is 0.123 e. The molecule has 1 aromatic rings. The van der Waals surface area contributed by atoms with Crippen LogP contribution in [-0.2, 0) is 6.54 Å². The van der Waals surface area contributed by atoms with Gasteiger partial charge in [0.2, 0.25) is 0 Å². The first-order valence-corrected chi connectivity index (χ1v) is 7.35. The second-order valence-corrected chi connectivity index (χ2v) is 5.88. The van der Waals surface area contributed by atoms with Gasteiger partial charge in [0.1, 0.15) is 10.7 Å². The van der Waals surface area contributed by atoms with Gasteiger partial charge in [-0.15, -0.1) is 0 Å². The third kappa shape index (κ3) is 2.78. The monoisotopic (exact) mass is 276 g/mol. The normalized spacial score (nSPS) is 24.3. The van der Waals surface area contributed by atoms with Gasteiger partial charge < -0.3 is 5.73 Å². The van der Waals surface area contributed by atoms with Crippen LogP contribution in [0.25, 0.3) is 0 Å². The van der Waals surface area contributed by atoms with E-state index in [1.54, 1.807) is 6.20 Å². The maximum absolute atomic E-state index is 5.75. The molecule has 5 heteroatoms. The topological polar surface area (TPSA) is 45.4 Å². The molecule has 1 aromatic heterocycles. The number of thiocarbonyl (C=S) groups is 1. The van der Waals surface area contributed by atoms with Crippen LogP contribution < -0.4 is 5.73 Å². The number of hydrogen-bond acceptors (Lipinski definition) is 4. The Morgan fingerprint density at radius 3 is 3.16 bits per heavy atom. The summed E-state index contributed by atoms with van der Waals surface area (Å²) in [5.41, 5.74) is 7.69. The molecule has 0 amide bonds. The van der Waals surface area contributed by atoms with E-state index in [-0.39, 0.29) is 0 Å². The van der Waals surface area contributed by atoms with E-state index in [1.165, 1.54) is 25.9 Å². The van der Waals surface area contributed by atoms with Crippen LogP contribution in [0.2, 0.25) is 0 Å². The van der Waals surface area contributed by atoms with Gasteiger partial charge >= 0.3 is 0 Å². The zero-order valence-corrected chi connectivity index (χ0v) is 11.9. The van der Waals surface area contributed by atoms with Gasteiger partial charge in [0.05, 0.1) is 0 Å². The van der Waals surface area contributed by atoms with Crippen molar-refractivity contribution in [2.75, 3.05) is 26.2 Å². The Balaban J connectivity index is 1.70. The van der Waals surface area contributed by atoms with Crippen molar-refractivity contribution in [2.24, 2.45) is 5.73 Å². The lowest BCUT2D eigenvalue weighted by molar-refractivity contribution is 0.0993. The molecule has 0 aromatic carbocycles. The molecule has 0 spiro atoms. The van der Waals surface area contributed by atoms with E-state index >= 15 is 0 Å². The zero-order chi connectivity index (χ0) is 13.2.